The Labute approximate surface area is 180 Å². The highest BCUT2D eigenvalue weighted by molar-refractivity contribution is 8.19. The van der Waals surface area contributed by atoms with Crippen LogP contribution in [0.25, 0.3) is 0 Å². The molecule has 1 saturated carbocycles. The second kappa shape index (κ2) is 6.69. The van der Waals surface area contributed by atoms with Gasteiger partial charge in [0.05, 0.1) is 25.0 Å². The van der Waals surface area contributed by atoms with Crippen LogP contribution < -0.4 is 9.47 Å². The molecule has 4 nitrogen and oxygen atoms in total. The Hall–Kier alpha value is -1.63. The zero-order chi connectivity index (χ0) is 21.1. The van der Waals surface area contributed by atoms with Crippen molar-refractivity contribution in [3.05, 3.63) is 59.7 Å². The van der Waals surface area contributed by atoms with E-state index in [4.69, 9.17) is 13.7 Å². The van der Waals surface area contributed by atoms with Crippen molar-refractivity contribution in [3.8, 4) is 11.5 Å². The van der Waals surface area contributed by atoms with Crippen LogP contribution in [0.3, 0.4) is 0 Å². The number of ketones is 1. The minimum Gasteiger partial charge on any atom is -0.497 e. The molecule has 0 amide bonds. The molecule has 0 radical (unpaired) electrons. The Morgan fingerprint density at radius 1 is 0.759 bits per heavy atom. The van der Waals surface area contributed by atoms with Crippen LogP contribution in [0.4, 0.5) is 0 Å². The SMILES string of the molecule is COc1ccc(C2(c3ccc(OC)cc3)OSC3(S2)C(C)(C)C(=O)C3(C)C)cc1. The van der Waals surface area contributed by atoms with Crippen LogP contribution in [-0.4, -0.2) is 24.1 Å². The van der Waals surface area contributed by atoms with Crippen molar-refractivity contribution in [2.45, 2.75) is 36.7 Å². The van der Waals surface area contributed by atoms with Gasteiger partial charge in [0.1, 0.15) is 21.4 Å². The number of thioether (sulfide) groups is 1. The topological polar surface area (TPSA) is 44.8 Å². The Kier molecular flexibility index (Phi) is 4.76. The number of rotatable bonds is 4. The molecule has 2 aromatic carbocycles. The summed E-state index contributed by atoms with van der Waals surface area (Å²) in [6.45, 7) is 8.12. The first-order chi connectivity index (χ1) is 13.6. The van der Waals surface area contributed by atoms with E-state index in [1.807, 2.05) is 76.2 Å². The summed E-state index contributed by atoms with van der Waals surface area (Å²) >= 11 is 3.18. The summed E-state index contributed by atoms with van der Waals surface area (Å²) in [4.78, 5) is 12.2. The first-order valence-electron chi connectivity index (χ1n) is 9.55. The van der Waals surface area contributed by atoms with Crippen LogP contribution in [0.15, 0.2) is 48.5 Å². The van der Waals surface area contributed by atoms with Gasteiger partial charge in [0.15, 0.2) is 4.93 Å². The van der Waals surface area contributed by atoms with Gasteiger partial charge in [-0.3, -0.25) is 8.98 Å². The van der Waals surface area contributed by atoms with E-state index in [2.05, 4.69) is 0 Å². The molecule has 154 valence electrons. The second-order valence-corrected chi connectivity index (χ2v) is 11.1. The summed E-state index contributed by atoms with van der Waals surface area (Å²) in [5.74, 6) is 1.86. The standard InChI is InChI=1S/C23H26O4S2/c1-20(2)19(24)21(3,4)23(20)28-22(27-29-23,15-7-11-17(25-5)12-8-15)16-9-13-18(26-6)14-10-16/h7-14H,1-6H3. The number of hydrogen-bond donors (Lipinski definition) is 0. The number of carbonyl (C=O) groups excluding carboxylic acids is 1. The predicted molar refractivity (Wildman–Crippen MR) is 118 cm³/mol. The molecule has 1 aliphatic carbocycles. The van der Waals surface area contributed by atoms with Gasteiger partial charge in [-0.15, -0.1) is 0 Å². The molecule has 2 aromatic rings. The smallest absolute Gasteiger partial charge is 0.180 e. The summed E-state index contributed by atoms with van der Waals surface area (Å²) in [6, 6.07) is 15.9. The fourth-order valence-electron chi connectivity index (χ4n) is 4.62. The third-order valence-electron chi connectivity index (χ3n) is 6.28. The maximum atomic E-state index is 12.9. The van der Waals surface area contributed by atoms with Crippen LogP contribution in [0, 0.1) is 10.8 Å². The lowest BCUT2D eigenvalue weighted by Gasteiger charge is -2.61. The quantitative estimate of drug-likeness (QED) is 0.584. The van der Waals surface area contributed by atoms with Crippen molar-refractivity contribution in [3.63, 3.8) is 0 Å². The highest BCUT2D eigenvalue weighted by Crippen LogP contribution is 2.79. The number of methoxy groups -OCH3 is 2. The zero-order valence-electron chi connectivity index (χ0n) is 17.6. The second-order valence-electron chi connectivity index (χ2n) is 8.54. The molecule has 2 fully saturated rings. The molecule has 0 aromatic heterocycles. The highest BCUT2D eigenvalue weighted by Gasteiger charge is 2.78. The van der Waals surface area contributed by atoms with Crippen LogP contribution in [0.1, 0.15) is 38.8 Å². The van der Waals surface area contributed by atoms with Crippen LogP contribution in [-0.2, 0) is 13.9 Å². The monoisotopic (exact) mass is 430 g/mol. The van der Waals surface area contributed by atoms with Gasteiger partial charge in [0.2, 0.25) is 0 Å². The van der Waals surface area contributed by atoms with E-state index in [0.717, 1.165) is 22.6 Å². The number of Topliss-reactive ketones (excluding diaryl/α,β-unsaturated/α-hetero) is 1. The van der Waals surface area contributed by atoms with Crippen LogP contribution in [0.2, 0.25) is 0 Å². The summed E-state index contributed by atoms with van der Waals surface area (Å²) in [6.07, 6.45) is 0. The van der Waals surface area contributed by atoms with Crippen LogP contribution >= 0.6 is 23.8 Å². The van der Waals surface area contributed by atoms with Crippen molar-refractivity contribution in [2.75, 3.05) is 14.2 Å². The summed E-state index contributed by atoms with van der Waals surface area (Å²) in [5, 5.41) is 0. The largest absolute Gasteiger partial charge is 0.497 e. The first-order valence-corrected chi connectivity index (χ1v) is 11.1. The van der Waals surface area contributed by atoms with Gasteiger partial charge in [-0.05, 0) is 24.3 Å². The summed E-state index contributed by atoms with van der Waals surface area (Å²) in [7, 11) is 3.32. The predicted octanol–water partition coefficient (Wildman–Crippen LogP) is 5.65. The number of carbonyl (C=O) groups is 1. The van der Waals surface area contributed by atoms with Crippen molar-refractivity contribution < 1.29 is 18.5 Å². The molecule has 1 saturated heterocycles. The summed E-state index contributed by atoms with van der Waals surface area (Å²) in [5.41, 5.74) is 1.05. The zero-order valence-corrected chi connectivity index (χ0v) is 19.2. The van der Waals surface area contributed by atoms with Crippen molar-refractivity contribution in [1.82, 2.24) is 0 Å². The Bertz CT molecular complexity index is 867. The molecule has 6 heteroatoms. The van der Waals surface area contributed by atoms with E-state index in [0.29, 0.717) is 0 Å². The fraction of sp³-hybridized carbons (Fsp3) is 0.435. The molecule has 0 N–H and O–H groups in total. The number of hydrogen-bond acceptors (Lipinski definition) is 6. The van der Waals surface area contributed by atoms with Crippen LogP contribution in [0.5, 0.6) is 11.5 Å². The molecule has 4 rings (SSSR count). The van der Waals surface area contributed by atoms with E-state index < -0.39 is 19.8 Å². The molecule has 29 heavy (non-hydrogen) atoms. The van der Waals surface area contributed by atoms with E-state index >= 15 is 0 Å². The van der Waals surface area contributed by atoms with E-state index in [-0.39, 0.29) is 5.78 Å². The molecule has 2 aliphatic rings. The van der Waals surface area contributed by atoms with Crippen molar-refractivity contribution in [2.24, 2.45) is 10.8 Å². The van der Waals surface area contributed by atoms with Crippen molar-refractivity contribution in [1.29, 1.82) is 0 Å². The third-order valence-corrected chi connectivity index (χ3v) is 10.6. The summed E-state index contributed by atoms with van der Waals surface area (Å²) < 4.78 is 16.9. The van der Waals surface area contributed by atoms with Gasteiger partial charge in [-0.25, -0.2) is 0 Å². The van der Waals surface area contributed by atoms with Gasteiger partial charge >= 0.3 is 0 Å². The maximum Gasteiger partial charge on any atom is 0.180 e. The Morgan fingerprint density at radius 3 is 1.55 bits per heavy atom. The maximum absolute atomic E-state index is 12.9. The molecule has 1 spiro atoms. The van der Waals surface area contributed by atoms with Crippen molar-refractivity contribution >= 4 is 29.6 Å². The molecule has 0 atom stereocenters. The average molecular weight is 431 g/mol. The van der Waals surface area contributed by atoms with E-state index in [1.165, 1.54) is 12.0 Å². The third kappa shape index (κ3) is 2.62. The van der Waals surface area contributed by atoms with Gasteiger partial charge in [0, 0.05) is 23.2 Å². The molecule has 1 heterocycles. The lowest BCUT2D eigenvalue weighted by atomic mass is 9.53. The molecular formula is C23H26O4S2. The lowest BCUT2D eigenvalue weighted by Crippen LogP contribution is -2.70. The normalized spacial score (nSPS) is 22.9. The van der Waals surface area contributed by atoms with Gasteiger partial charge < -0.3 is 9.47 Å². The first kappa shape index (κ1) is 20.6. The molecular weight excluding hydrogens is 404 g/mol. The van der Waals surface area contributed by atoms with E-state index in [9.17, 15) is 4.79 Å². The molecule has 0 unspecified atom stereocenters. The van der Waals surface area contributed by atoms with Gasteiger partial charge in [-0.1, -0.05) is 63.7 Å². The average Bonchev–Trinajstić information content (AvgIpc) is 3.18. The Balaban J connectivity index is 1.85. The minimum absolute atomic E-state index is 0.272. The highest BCUT2D eigenvalue weighted by atomic mass is 32.2. The minimum atomic E-state index is -0.738. The van der Waals surface area contributed by atoms with Gasteiger partial charge in [0.25, 0.3) is 0 Å². The number of ether oxygens (including phenoxy) is 2. The molecule has 1 aliphatic heterocycles. The van der Waals surface area contributed by atoms with Gasteiger partial charge in [-0.2, -0.15) is 0 Å². The fourth-order valence-corrected chi connectivity index (χ4v) is 8.08. The molecule has 0 bridgehead atoms. The number of benzene rings is 2. The van der Waals surface area contributed by atoms with E-state index in [1.54, 1.807) is 26.0 Å². The lowest BCUT2D eigenvalue weighted by molar-refractivity contribution is -0.152. The Morgan fingerprint density at radius 2 is 1.17 bits per heavy atom.